The Labute approximate surface area is 113 Å². The molecule has 2 atom stereocenters. The van der Waals surface area contributed by atoms with Crippen LogP contribution in [0.15, 0.2) is 40.9 Å². The van der Waals surface area contributed by atoms with Crippen LogP contribution in [0.4, 0.5) is 0 Å². The van der Waals surface area contributed by atoms with Gasteiger partial charge in [-0.25, -0.2) is 0 Å². The minimum atomic E-state index is -0.613. The van der Waals surface area contributed by atoms with Crippen molar-refractivity contribution in [3.63, 3.8) is 0 Å². The molecule has 0 spiro atoms. The first-order chi connectivity index (χ1) is 9.30. The molecule has 19 heavy (non-hydrogen) atoms. The van der Waals surface area contributed by atoms with E-state index in [-0.39, 0.29) is 5.92 Å². The molecule has 0 N–H and O–H groups in total. The largest absolute Gasteiger partial charge is 0.468 e. The molecule has 1 fully saturated rings. The second-order valence-corrected chi connectivity index (χ2v) is 5.04. The van der Waals surface area contributed by atoms with E-state index in [1.54, 1.807) is 14.2 Å². The van der Waals surface area contributed by atoms with Gasteiger partial charge in [-0.15, -0.1) is 0 Å². The maximum atomic E-state index is 6.08. The van der Waals surface area contributed by atoms with E-state index in [0.717, 1.165) is 30.5 Å². The van der Waals surface area contributed by atoms with Crippen molar-refractivity contribution >= 4 is 5.71 Å². The highest BCUT2D eigenvalue weighted by atomic mass is 16.8. The highest BCUT2D eigenvalue weighted by molar-refractivity contribution is 6.06. The first-order valence-corrected chi connectivity index (χ1v) is 6.74. The Morgan fingerprint density at radius 1 is 1.32 bits per heavy atom. The van der Waals surface area contributed by atoms with Gasteiger partial charge in [0.2, 0.25) is 5.79 Å². The van der Waals surface area contributed by atoms with Gasteiger partial charge in [0.25, 0.3) is 5.95 Å². The number of allylic oxidation sites excluding steroid dienone is 4. The van der Waals surface area contributed by atoms with Gasteiger partial charge in [-0.2, -0.15) is 0 Å². The van der Waals surface area contributed by atoms with Crippen LogP contribution >= 0.6 is 0 Å². The molecule has 2 aliphatic heterocycles. The lowest BCUT2D eigenvalue weighted by atomic mass is 9.76. The van der Waals surface area contributed by atoms with Gasteiger partial charge in [0, 0.05) is 19.7 Å². The lowest BCUT2D eigenvalue weighted by Crippen LogP contribution is -2.51. The van der Waals surface area contributed by atoms with E-state index in [4.69, 9.17) is 14.2 Å². The molecule has 4 nitrogen and oxygen atoms in total. The third kappa shape index (κ3) is 1.91. The summed E-state index contributed by atoms with van der Waals surface area (Å²) < 4.78 is 17.2. The van der Waals surface area contributed by atoms with Crippen molar-refractivity contribution in [2.75, 3.05) is 14.2 Å². The number of hydrogen-bond acceptors (Lipinski definition) is 4. The second-order valence-electron chi connectivity index (χ2n) is 5.04. The molecule has 1 saturated carbocycles. The maximum absolute atomic E-state index is 6.08. The van der Waals surface area contributed by atoms with E-state index in [0.29, 0.717) is 5.95 Å². The molecule has 0 aromatic rings. The molecule has 2 heterocycles. The fraction of sp³-hybridized carbons (Fsp3) is 0.533. The van der Waals surface area contributed by atoms with Crippen molar-refractivity contribution in [3.8, 4) is 0 Å². The van der Waals surface area contributed by atoms with E-state index in [2.05, 4.69) is 4.99 Å². The molecule has 102 valence electrons. The summed E-state index contributed by atoms with van der Waals surface area (Å²) >= 11 is 0. The predicted octanol–water partition coefficient (Wildman–Crippen LogP) is 2.93. The molecule has 0 aromatic carbocycles. The molecular formula is C15H19NO3. The van der Waals surface area contributed by atoms with Gasteiger partial charge >= 0.3 is 0 Å². The van der Waals surface area contributed by atoms with Gasteiger partial charge in [-0.1, -0.05) is 12.5 Å². The summed E-state index contributed by atoms with van der Waals surface area (Å²) in [6.07, 6.45) is 11.9. The van der Waals surface area contributed by atoms with Crippen molar-refractivity contribution in [2.24, 2.45) is 10.9 Å². The quantitative estimate of drug-likeness (QED) is 0.767. The molecule has 0 aromatic heterocycles. The minimum absolute atomic E-state index is 0.174. The summed E-state index contributed by atoms with van der Waals surface area (Å²) in [5.41, 5.74) is 1.96. The lowest BCUT2D eigenvalue weighted by molar-refractivity contribution is -0.256. The minimum Gasteiger partial charge on any atom is -0.468 e. The Balaban J connectivity index is 2.12. The van der Waals surface area contributed by atoms with Crippen LogP contribution in [0.2, 0.25) is 0 Å². The third-order valence-corrected chi connectivity index (χ3v) is 4.09. The van der Waals surface area contributed by atoms with E-state index < -0.39 is 5.79 Å². The maximum Gasteiger partial charge on any atom is 0.290 e. The molecule has 0 bridgehead atoms. The topological polar surface area (TPSA) is 40.0 Å². The van der Waals surface area contributed by atoms with Crippen LogP contribution in [0, 0.1) is 5.92 Å². The van der Waals surface area contributed by atoms with Crippen LogP contribution in [-0.2, 0) is 14.2 Å². The van der Waals surface area contributed by atoms with Gasteiger partial charge in [0.1, 0.15) is 0 Å². The van der Waals surface area contributed by atoms with Crippen LogP contribution < -0.4 is 0 Å². The first kappa shape index (κ1) is 12.5. The third-order valence-electron chi connectivity index (χ3n) is 4.09. The summed E-state index contributed by atoms with van der Waals surface area (Å²) in [5, 5.41) is 0. The zero-order chi connectivity index (χ0) is 13.3. The summed E-state index contributed by atoms with van der Waals surface area (Å²) in [6, 6.07) is 0. The van der Waals surface area contributed by atoms with Gasteiger partial charge < -0.3 is 14.2 Å². The Morgan fingerprint density at radius 2 is 2.21 bits per heavy atom. The highest BCUT2D eigenvalue weighted by Gasteiger charge is 2.51. The average Bonchev–Trinajstić information content (AvgIpc) is 2.72. The van der Waals surface area contributed by atoms with Gasteiger partial charge in [0.15, 0.2) is 0 Å². The number of nitrogens with zero attached hydrogens (tertiary/aromatic N) is 1. The molecule has 0 amide bonds. The van der Waals surface area contributed by atoms with Crippen molar-refractivity contribution in [1.82, 2.24) is 0 Å². The monoisotopic (exact) mass is 261 g/mol. The van der Waals surface area contributed by atoms with E-state index in [1.165, 1.54) is 6.42 Å². The lowest BCUT2D eigenvalue weighted by Gasteiger charge is -2.46. The van der Waals surface area contributed by atoms with Crippen LogP contribution in [0.5, 0.6) is 0 Å². The average molecular weight is 261 g/mol. The van der Waals surface area contributed by atoms with Crippen molar-refractivity contribution in [2.45, 2.75) is 31.5 Å². The summed E-state index contributed by atoms with van der Waals surface area (Å²) in [7, 11) is 3.33. The SMILES string of the molecule is COC1=C2C=CC=CN=C2C2CCCCC2(OC)O1. The number of ether oxygens (including phenoxy) is 3. The Hall–Kier alpha value is -1.55. The fourth-order valence-corrected chi connectivity index (χ4v) is 3.16. The van der Waals surface area contributed by atoms with E-state index >= 15 is 0 Å². The Bertz CT molecular complexity index is 490. The standard InChI is InChI=1S/C15H19NO3/c1-17-14-11-7-4-6-10-16-13(11)12-8-3-5-9-15(12,18-2)19-14/h4,6-7,10,12H,3,5,8-9H2,1-2H3. The van der Waals surface area contributed by atoms with E-state index in [1.807, 2.05) is 24.4 Å². The van der Waals surface area contributed by atoms with Crippen LogP contribution in [0.1, 0.15) is 25.7 Å². The zero-order valence-corrected chi connectivity index (χ0v) is 11.4. The first-order valence-electron chi connectivity index (χ1n) is 6.74. The number of hydrogen-bond donors (Lipinski definition) is 0. The van der Waals surface area contributed by atoms with Gasteiger partial charge in [0.05, 0.1) is 24.3 Å². The second kappa shape index (κ2) is 4.85. The Kier molecular flexibility index (Phi) is 3.19. The molecule has 0 saturated heterocycles. The van der Waals surface area contributed by atoms with Crippen molar-refractivity contribution < 1.29 is 14.2 Å². The molecule has 0 radical (unpaired) electrons. The number of aliphatic imine (C=N–C) groups is 1. The summed E-state index contributed by atoms with van der Waals surface area (Å²) in [4.78, 5) is 4.60. The van der Waals surface area contributed by atoms with E-state index in [9.17, 15) is 0 Å². The van der Waals surface area contributed by atoms with Crippen LogP contribution in [0.25, 0.3) is 0 Å². The molecule has 4 heteroatoms. The Morgan fingerprint density at radius 3 is 3.00 bits per heavy atom. The number of methoxy groups -OCH3 is 2. The molecule has 2 unspecified atom stereocenters. The molecule has 1 aliphatic carbocycles. The van der Waals surface area contributed by atoms with Crippen LogP contribution in [-0.4, -0.2) is 25.7 Å². The molecule has 3 aliphatic rings. The normalized spacial score (nSPS) is 32.9. The zero-order valence-electron chi connectivity index (χ0n) is 11.4. The molecule has 3 rings (SSSR count). The fourth-order valence-electron chi connectivity index (χ4n) is 3.16. The van der Waals surface area contributed by atoms with Crippen molar-refractivity contribution in [3.05, 3.63) is 35.9 Å². The molecular weight excluding hydrogens is 242 g/mol. The van der Waals surface area contributed by atoms with Crippen LogP contribution in [0.3, 0.4) is 0 Å². The van der Waals surface area contributed by atoms with Crippen molar-refractivity contribution in [1.29, 1.82) is 0 Å². The smallest absolute Gasteiger partial charge is 0.290 e. The number of fused-ring (bicyclic) bond motifs is 3. The summed E-state index contributed by atoms with van der Waals surface area (Å²) in [5.74, 6) is 0.0732. The highest BCUT2D eigenvalue weighted by Crippen LogP contribution is 2.45. The van der Waals surface area contributed by atoms with Gasteiger partial charge in [-0.05, 0) is 25.0 Å². The number of rotatable bonds is 2. The van der Waals surface area contributed by atoms with Gasteiger partial charge in [-0.3, -0.25) is 4.99 Å². The predicted molar refractivity (Wildman–Crippen MR) is 72.5 cm³/mol. The summed E-state index contributed by atoms with van der Waals surface area (Å²) in [6.45, 7) is 0.